The second kappa shape index (κ2) is 6.82. The first-order valence-electron chi connectivity index (χ1n) is 6.95. The second-order valence-corrected chi connectivity index (χ2v) is 6.76. The van der Waals surface area contributed by atoms with Crippen LogP contribution in [0, 0.1) is 0 Å². The van der Waals surface area contributed by atoms with Crippen molar-refractivity contribution in [1.29, 1.82) is 0 Å². The van der Waals surface area contributed by atoms with E-state index in [2.05, 4.69) is 14.7 Å². The van der Waals surface area contributed by atoms with Crippen LogP contribution in [0.4, 0.5) is 5.82 Å². The number of sulfonamides is 1. The first-order chi connectivity index (χ1) is 10.9. The van der Waals surface area contributed by atoms with Crippen LogP contribution < -0.4 is 14.2 Å². The van der Waals surface area contributed by atoms with Crippen molar-refractivity contribution >= 4 is 15.8 Å². The summed E-state index contributed by atoms with van der Waals surface area (Å²) in [6.07, 6.45) is 1.52. The molecule has 124 valence electrons. The van der Waals surface area contributed by atoms with Crippen molar-refractivity contribution in [2.75, 3.05) is 18.9 Å². The standard InChI is InChI=1S/C15H19N3O4S/c1-10(2)15-16-8-7-14(17-15)18-23(19,20)11-5-6-12(21-3)13(9-11)22-4/h5-10H,1-4H3,(H,16,17,18). The van der Waals surface area contributed by atoms with E-state index in [0.717, 1.165) is 0 Å². The zero-order valence-electron chi connectivity index (χ0n) is 13.4. The quantitative estimate of drug-likeness (QED) is 0.870. The molecule has 23 heavy (non-hydrogen) atoms. The minimum atomic E-state index is -3.79. The molecule has 0 saturated heterocycles. The highest BCUT2D eigenvalue weighted by atomic mass is 32.2. The average Bonchev–Trinajstić information content (AvgIpc) is 2.53. The van der Waals surface area contributed by atoms with E-state index in [0.29, 0.717) is 17.3 Å². The topological polar surface area (TPSA) is 90.4 Å². The first kappa shape index (κ1) is 17.0. The Hall–Kier alpha value is -2.35. The van der Waals surface area contributed by atoms with Crippen LogP contribution in [0.15, 0.2) is 35.4 Å². The molecular formula is C15H19N3O4S. The van der Waals surface area contributed by atoms with Crippen molar-refractivity contribution in [1.82, 2.24) is 9.97 Å². The zero-order valence-corrected chi connectivity index (χ0v) is 14.2. The van der Waals surface area contributed by atoms with Gasteiger partial charge in [0, 0.05) is 18.2 Å². The van der Waals surface area contributed by atoms with E-state index < -0.39 is 10.0 Å². The summed E-state index contributed by atoms with van der Waals surface area (Å²) in [5.74, 6) is 1.67. The summed E-state index contributed by atoms with van der Waals surface area (Å²) in [5.41, 5.74) is 0. The molecule has 7 nitrogen and oxygen atoms in total. The highest BCUT2D eigenvalue weighted by Crippen LogP contribution is 2.30. The van der Waals surface area contributed by atoms with Gasteiger partial charge in [-0.05, 0) is 18.2 Å². The van der Waals surface area contributed by atoms with Gasteiger partial charge >= 0.3 is 0 Å². The lowest BCUT2D eigenvalue weighted by atomic mass is 10.2. The van der Waals surface area contributed by atoms with Crippen LogP contribution in [0.5, 0.6) is 11.5 Å². The molecule has 2 rings (SSSR count). The van der Waals surface area contributed by atoms with E-state index in [1.165, 1.54) is 44.7 Å². The Morgan fingerprint density at radius 1 is 1.09 bits per heavy atom. The van der Waals surface area contributed by atoms with Gasteiger partial charge in [-0.1, -0.05) is 13.8 Å². The molecule has 1 heterocycles. The van der Waals surface area contributed by atoms with E-state index in [-0.39, 0.29) is 16.6 Å². The highest BCUT2D eigenvalue weighted by molar-refractivity contribution is 7.92. The van der Waals surface area contributed by atoms with Gasteiger partial charge in [0.2, 0.25) is 0 Å². The fourth-order valence-electron chi connectivity index (χ4n) is 1.89. The summed E-state index contributed by atoms with van der Waals surface area (Å²) in [5, 5.41) is 0. The van der Waals surface area contributed by atoms with Crippen LogP contribution in [0.3, 0.4) is 0 Å². The maximum atomic E-state index is 12.5. The summed E-state index contributed by atoms with van der Waals surface area (Å²) in [6.45, 7) is 3.86. The third-order valence-corrected chi connectivity index (χ3v) is 4.45. The number of hydrogen-bond acceptors (Lipinski definition) is 6. The molecule has 0 fully saturated rings. The zero-order chi connectivity index (χ0) is 17.0. The lowest BCUT2D eigenvalue weighted by Crippen LogP contribution is -2.15. The molecule has 2 aromatic rings. The van der Waals surface area contributed by atoms with E-state index in [9.17, 15) is 8.42 Å². The third kappa shape index (κ3) is 3.89. The number of nitrogens with zero attached hydrogens (tertiary/aromatic N) is 2. The van der Waals surface area contributed by atoms with Crippen LogP contribution in [-0.2, 0) is 10.0 Å². The fourth-order valence-corrected chi connectivity index (χ4v) is 2.91. The molecule has 0 aliphatic carbocycles. The Bertz CT molecular complexity index is 791. The van der Waals surface area contributed by atoms with Crippen LogP contribution in [0.2, 0.25) is 0 Å². The summed E-state index contributed by atoms with van der Waals surface area (Å²) >= 11 is 0. The monoisotopic (exact) mass is 337 g/mol. The minimum absolute atomic E-state index is 0.0554. The van der Waals surface area contributed by atoms with Gasteiger partial charge in [-0.15, -0.1) is 0 Å². The summed E-state index contributed by atoms with van der Waals surface area (Å²) < 4.78 is 37.6. The van der Waals surface area contributed by atoms with Gasteiger partial charge in [0.25, 0.3) is 10.0 Å². The van der Waals surface area contributed by atoms with Crippen molar-refractivity contribution in [2.24, 2.45) is 0 Å². The Morgan fingerprint density at radius 2 is 1.78 bits per heavy atom. The molecule has 8 heteroatoms. The van der Waals surface area contributed by atoms with E-state index >= 15 is 0 Å². The summed E-state index contributed by atoms with van der Waals surface area (Å²) in [6, 6.07) is 5.87. The van der Waals surface area contributed by atoms with Crippen LogP contribution in [0.25, 0.3) is 0 Å². The molecule has 0 atom stereocenters. The Morgan fingerprint density at radius 3 is 2.39 bits per heavy atom. The fraction of sp³-hybridized carbons (Fsp3) is 0.333. The van der Waals surface area contributed by atoms with Crippen LogP contribution in [0.1, 0.15) is 25.6 Å². The van der Waals surface area contributed by atoms with Crippen LogP contribution >= 0.6 is 0 Å². The van der Waals surface area contributed by atoms with Crippen molar-refractivity contribution < 1.29 is 17.9 Å². The number of hydrogen-bond donors (Lipinski definition) is 1. The molecule has 1 aromatic carbocycles. The van der Waals surface area contributed by atoms with Gasteiger partial charge in [-0.2, -0.15) is 0 Å². The molecule has 1 N–H and O–H groups in total. The Kier molecular flexibility index (Phi) is 5.05. The van der Waals surface area contributed by atoms with E-state index in [1.807, 2.05) is 13.8 Å². The smallest absolute Gasteiger partial charge is 0.263 e. The molecule has 0 radical (unpaired) electrons. The van der Waals surface area contributed by atoms with Gasteiger partial charge in [0.1, 0.15) is 11.6 Å². The molecule has 0 aliphatic rings. The number of rotatable bonds is 6. The number of aromatic nitrogens is 2. The van der Waals surface area contributed by atoms with Gasteiger partial charge in [0.05, 0.1) is 19.1 Å². The number of ether oxygens (including phenoxy) is 2. The molecule has 0 aliphatic heterocycles. The maximum absolute atomic E-state index is 12.5. The van der Waals surface area contributed by atoms with Gasteiger partial charge in [-0.3, -0.25) is 4.72 Å². The van der Waals surface area contributed by atoms with E-state index in [4.69, 9.17) is 9.47 Å². The average molecular weight is 337 g/mol. The van der Waals surface area contributed by atoms with Gasteiger partial charge < -0.3 is 9.47 Å². The van der Waals surface area contributed by atoms with Crippen molar-refractivity contribution in [3.63, 3.8) is 0 Å². The van der Waals surface area contributed by atoms with Crippen molar-refractivity contribution in [3.8, 4) is 11.5 Å². The molecule has 0 unspecified atom stereocenters. The largest absolute Gasteiger partial charge is 0.493 e. The second-order valence-electron chi connectivity index (χ2n) is 5.08. The van der Waals surface area contributed by atoms with E-state index in [1.54, 1.807) is 0 Å². The van der Waals surface area contributed by atoms with Gasteiger partial charge in [0.15, 0.2) is 11.5 Å². The Balaban J connectivity index is 2.34. The normalized spacial score (nSPS) is 11.3. The van der Waals surface area contributed by atoms with Crippen LogP contribution in [-0.4, -0.2) is 32.6 Å². The molecule has 1 aromatic heterocycles. The lowest BCUT2D eigenvalue weighted by Gasteiger charge is -2.12. The van der Waals surface area contributed by atoms with Crippen molar-refractivity contribution in [2.45, 2.75) is 24.7 Å². The third-order valence-electron chi connectivity index (χ3n) is 3.09. The number of nitrogens with one attached hydrogen (secondary N) is 1. The SMILES string of the molecule is COc1ccc(S(=O)(=O)Nc2ccnc(C(C)C)n2)cc1OC. The Labute approximate surface area is 135 Å². The molecule has 0 saturated carbocycles. The molecule has 0 amide bonds. The molecule has 0 spiro atoms. The minimum Gasteiger partial charge on any atom is -0.493 e. The molecule has 0 bridgehead atoms. The number of methoxy groups -OCH3 is 2. The van der Waals surface area contributed by atoms with Gasteiger partial charge in [-0.25, -0.2) is 18.4 Å². The van der Waals surface area contributed by atoms with Crippen molar-refractivity contribution in [3.05, 3.63) is 36.3 Å². The molecular weight excluding hydrogens is 318 g/mol. The summed E-state index contributed by atoms with van der Waals surface area (Å²) in [4.78, 5) is 8.37. The predicted octanol–water partition coefficient (Wildman–Crippen LogP) is 2.42. The maximum Gasteiger partial charge on any atom is 0.263 e. The first-order valence-corrected chi connectivity index (χ1v) is 8.43. The number of anilines is 1. The lowest BCUT2D eigenvalue weighted by molar-refractivity contribution is 0.354. The predicted molar refractivity (Wildman–Crippen MR) is 86.5 cm³/mol. The summed E-state index contributed by atoms with van der Waals surface area (Å²) in [7, 11) is -0.859. The number of benzene rings is 1. The highest BCUT2D eigenvalue weighted by Gasteiger charge is 2.18.